The van der Waals surface area contributed by atoms with E-state index in [9.17, 15) is 18.5 Å². The third-order valence-corrected chi connectivity index (χ3v) is 4.12. The van der Waals surface area contributed by atoms with Crippen molar-refractivity contribution in [1.82, 2.24) is 0 Å². The Hall–Kier alpha value is -2.61. The number of ether oxygens (including phenoxy) is 1. The summed E-state index contributed by atoms with van der Waals surface area (Å²) in [5, 5.41) is 10.8. The van der Waals surface area contributed by atoms with E-state index < -0.39 is 19.9 Å². The number of hydrogen-bond donors (Lipinski definition) is 0. The highest BCUT2D eigenvalue weighted by atomic mass is 32.2. The Kier molecular flexibility index (Phi) is 4.32. The molecule has 2 aromatic carbocycles. The van der Waals surface area contributed by atoms with E-state index >= 15 is 0 Å². The molecule has 0 fully saturated rings. The van der Waals surface area contributed by atoms with E-state index in [1.54, 1.807) is 12.1 Å². The fourth-order valence-corrected chi connectivity index (χ4v) is 2.86. The van der Waals surface area contributed by atoms with Crippen molar-refractivity contribution in [2.75, 3.05) is 7.11 Å². The van der Waals surface area contributed by atoms with Gasteiger partial charge < -0.3 is 8.92 Å². The van der Waals surface area contributed by atoms with Crippen LogP contribution in [0.1, 0.15) is 5.56 Å². The number of hydrogen-bond acceptors (Lipinski definition) is 6. The van der Waals surface area contributed by atoms with Gasteiger partial charge >= 0.3 is 10.1 Å². The molecule has 0 bridgehead atoms. The molecular weight excluding hydrogens is 310 g/mol. The largest absolute Gasteiger partial charge is 0.495 e. The van der Waals surface area contributed by atoms with Crippen molar-refractivity contribution >= 4 is 15.8 Å². The summed E-state index contributed by atoms with van der Waals surface area (Å²) < 4.78 is 34.6. The molecule has 0 N–H and O–H groups in total. The van der Waals surface area contributed by atoms with Gasteiger partial charge in [0.1, 0.15) is 11.5 Å². The van der Waals surface area contributed by atoms with Gasteiger partial charge in [0.2, 0.25) is 0 Å². The maximum Gasteiger partial charge on any atom is 0.343 e. The lowest BCUT2D eigenvalue weighted by atomic mass is 10.2. The molecule has 0 amide bonds. The van der Waals surface area contributed by atoms with Crippen LogP contribution in [0.25, 0.3) is 0 Å². The van der Waals surface area contributed by atoms with E-state index in [-0.39, 0.29) is 17.2 Å². The SMILES string of the molecule is COc1ccc([N+](=O)[O-])cc1S(=O)(=O)Oc1ccc(C)cc1. The van der Waals surface area contributed by atoms with Gasteiger partial charge in [-0.3, -0.25) is 10.1 Å². The summed E-state index contributed by atoms with van der Waals surface area (Å²) in [7, 11) is -2.98. The number of nitro benzene ring substituents is 1. The summed E-state index contributed by atoms with van der Waals surface area (Å²) in [6, 6.07) is 9.65. The highest BCUT2D eigenvalue weighted by molar-refractivity contribution is 7.87. The highest BCUT2D eigenvalue weighted by Gasteiger charge is 2.25. The third kappa shape index (κ3) is 3.34. The summed E-state index contributed by atoms with van der Waals surface area (Å²) in [5.74, 6) is 0.0804. The first-order valence-electron chi connectivity index (χ1n) is 6.17. The number of rotatable bonds is 5. The van der Waals surface area contributed by atoms with Gasteiger partial charge in [0.15, 0.2) is 4.90 Å². The van der Waals surface area contributed by atoms with Crippen molar-refractivity contribution in [2.45, 2.75) is 11.8 Å². The minimum atomic E-state index is -4.25. The van der Waals surface area contributed by atoms with Gasteiger partial charge in [0, 0.05) is 12.1 Å². The van der Waals surface area contributed by atoms with Gasteiger partial charge in [0.05, 0.1) is 12.0 Å². The maximum absolute atomic E-state index is 12.3. The Morgan fingerprint density at radius 3 is 2.27 bits per heavy atom. The molecule has 0 heterocycles. The zero-order chi connectivity index (χ0) is 16.3. The van der Waals surface area contributed by atoms with Crippen LogP contribution in [0.5, 0.6) is 11.5 Å². The number of benzene rings is 2. The van der Waals surface area contributed by atoms with Gasteiger partial charge in [-0.2, -0.15) is 8.42 Å². The summed E-state index contributed by atoms with van der Waals surface area (Å²) in [6.07, 6.45) is 0. The number of nitrogens with zero attached hydrogens (tertiary/aromatic N) is 1. The molecule has 8 heteroatoms. The van der Waals surface area contributed by atoms with Crippen LogP contribution in [-0.4, -0.2) is 20.5 Å². The Morgan fingerprint density at radius 2 is 1.73 bits per heavy atom. The molecule has 0 aliphatic carbocycles. The van der Waals surface area contributed by atoms with Crippen molar-refractivity contribution in [3.63, 3.8) is 0 Å². The molecule has 0 spiro atoms. The van der Waals surface area contributed by atoms with E-state index in [0.29, 0.717) is 0 Å². The van der Waals surface area contributed by atoms with Crippen molar-refractivity contribution in [1.29, 1.82) is 0 Å². The summed E-state index contributed by atoms with van der Waals surface area (Å²) >= 11 is 0. The number of non-ortho nitro benzene ring substituents is 1. The molecular formula is C14H13NO6S. The van der Waals surface area contributed by atoms with Crippen LogP contribution in [0, 0.1) is 17.0 Å². The average Bonchev–Trinajstić information content (AvgIpc) is 2.48. The van der Waals surface area contributed by atoms with E-state index in [1.165, 1.54) is 25.3 Å². The van der Waals surface area contributed by atoms with E-state index in [4.69, 9.17) is 8.92 Å². The van der Waals surface area contributed by atoms with Crippen molar-refractivity contribution in [2.24, 2.45) is 0 Å². The Bertz CT molecular complexity index is 799. The second kappa shape index (κ2) is 6.02. The van der Waals surface area contributed by atoms with Crippen molar-refractivity contribution in [3.05, 3.63) is 58.1 Å². The molecule has 0 saturated carbocycles. The second-order valence-corrected chi connectivity index (χ2v) is 5.96. The predicted octanol–water partition coefficient (Wildman–Crippen LogP) is 2.68. The topological polar surface area (TPSA) is 95.7 Å². The van der Waals surface area contributed by atoms with Crippen LogP contribution < -0.4 is 8.92 Å². The number of nitro groups is 1. The van der Waals surface area contributed by atoms with E-state index in [0.717, 1.165) is 17.7 Å². The molecule has 0 saturated heterocycles. The molecule has 0 aliphatic rings. The van der Waals surface area contributed by atoms with Crippen LogP contribution in [-0.2, 0) is 10.1 Å². The Balaban J connectivity index is 2.45. The smallest absolute Gasteiger partial charge is 0.343 e. The standard InChI is InChI=1S/C14H13NO6S/c1-10-3-6-12(7-4-10)21-22(18,19)14-9-11(15(16)17)5-8-13(14)20-2/h3-9H,1-2H3. The first-order chi connectivity index (χ1) is 10.3. The molecule has 0 radical (unpaired) electrons. The van der Waals surface area contributed by atoms with Crippen LogP contribution in [0.15, 0.2) is 47.4 Å². The Morgan fingerprint density at radius 1 is 1.09 bits per heavy atom. The van der Waals surface area contributed by atoms with Gasteiger partial charge in [-0.25, -0.2) is 0 Å². The molecule has 0 aromatic heterocycles. The Labute approximate surface area is 127 Å². The fraction of sp³-hybridized carbons (Fsp3) is 0.143. The number of methoxy groups -OCH3 is 1. The molecule has 2 rings (SSSR count). The normalized spacial score (nSPS) is 11.0. The first kappa shape index (κ1) is 15.8. The van der Waals surface area contributed by atoms with Crippen molar-refractivity contribution in [3.8, 4) is 11.5 Å². The summed E-state index contributed by atoms with van der Waals surface area (Å²) in [4.78, 5) is 9.72. The molecule has 116 valence electrons. The lowest BCUT2D eigenvalue weighted by Crippen LogP contribution is -2.11. The lowest BCUT2D eigenvalue weighted by Gasteiger charge is -2.10. The fourth-order valence-electron chi connectivity index (χ4n) is 1.74. The van der Waals surface area contributed by atoms with Crippen LogP contribution in [0.2, 0.25) is 0 Å². The minimum absolute atomic E-state index is 0.0299. The third-order valence-electron chi connectivity index (χ3n) is 2.85. The highest BCUT2D eigenvalue weighted by Crippen LogP contribution is 2.30. The van der Waals surface area contributed by atoms with Gasteiger partial charge in [-0.15, -0.1) is 0 Å². The molecule has 22 heavy (non-hydrogen) atoms. The quantitative estimate of drug-likeness (QED) is 0.477. The van der Waals surface area contributed by atoms with Crippen LogP contribution >= 0.6 is 0 Å². The molecule has 2 aromatic rings. The monoisotopic (exact) mass is 323 g/mol. The first-order valence-corrected chi connectivity index (χ1v) is 7.58. The van der Waals surface area contributed by atoms with Crippen LogP contribution in [0.3, 0.4) is 0 Å². The van der Waals surface area contributed by atoms with E-state index in [1.807, 2.05) is 6.92 Å². The van der Waals surface area contributed by atoms with Gasteiger partial charge in [0.25, 0.3) is 5.69 Å². The van der Waals surface area contributed by atoms with Crippen LogP contribution in [0.4, 0.5) is 5.69 Å². The zero-order valence-corrected chi connectivity index (χ0v) is 12.7. The number of aryl methyl sites for hydroxylation is 1. The zero-order valence-electron chi connectivity index (χ0n) is 11.8. The summed E-state index contributed by atoms with van der Waals surface area (Å²) in [6.45, 7) is 1.85. The predicted molar refractivity (Wildman–Crippen MR) is 78.6 cm³/mol. The molecule has 0 aliphatic heterocycles. The van der Waals surface area contributed by atoms with Gasteiger partial charge in [-0.05, 0) is 25.1 Å². The lowest BCUT2D eigenvalue weighted by molar-refractivity contribution is -0.385. The van der Waals surface area contributed by atoms with E-state index in [2.05, 4.69) is 0 Å². The van der Waals surface area contributed by atoms with Crippen molar-refractivity contribution < 1.29 is 22.3 Å². The summed E-state index contributed by atoms with van der Waals surface area (Å²) in [5.41, 5.74) is 0.574. The molecule has 0 unspecified atom stereocenters. The second-order valence-electron chi connectivity index (χ2n) is 4.44. The maximum atomic E-state index is 12.3. The van der Waals surface area contributed by atoms with Gasteiger partial charge in [-0.1, -0.05) is 17.7 Å². The minimum Gasteiger partial charge on any atom is -0.495 e. The average molecular weight is 323 g/mol. The molecule has 7 nitrogen and oxygen atoms in total. The molecule has 0 atom stereocenters.